The van der Waals surface area contributed by atoms with Gasteiger partial charge in [0.25, 0.3) is 0 Å². The summed E-state index contributed by atoms with van der Waals surface area (Å²) in [6.45, 7) is 0. The van der Waals surface area contributed by atoms with Gasteiger partial charge in [-0.05, 0) is 0 Å². The second-order valence-corrected chi connectivity index (χ2v) is 22.8. The van der Waals surface area contributed by atoms with Gasteiger partial charge in [0.1, 0.15) is 0 Å². The average Bonchev–Trinajstić information content (AvgIpc) is 0.722. The summed E-state index contributed by atoms with van der Waals surface area (Å²) in [6.07, 6.45) is 0. The molecule has 0 aliphatic rings. The third-order valence-corrected chi connectivity index (χ3v) is 0. The van der Waals surface area contributed by atoms with E-state index in [0.29, 0.717) is 0 Å². The van der Waals surface area contributed by atoms with Crippen LogP contribution in [0.1, 0.15) is 0 Å². The molecule has 1 unspecified atom stereocenters. The summed E-state index contributed by atoms with van der Waals surface area (Å²) < 4.78 is 0. The zero-order valence-electron chi connectivity index (χ0n) is 2.72. The van der Waals surface area contributed by atoms with Crippen LogP contribution in [0.15, 0.2) is 0 Å². The first kappa shape index (κ1) is 11.3. The van der Waals surface area contributed by atoms with E-state index in [0.717, 1.165) is 0 Å². The molecule has 0 aromatic rings. The van der Waals surface area contributed by atoms with Crippen LogP contribution in [0.3, 0.4) is 0 Å². The van der Waals surface area contributed by atoms with Crippen LogP contribution in [0, 0.1) is 0 Å². The summed E-state index contributed by atoms with van der Waals surface area (Å²) in [5.74, 6) is 0. The van der Waals surface area contributed by atoms with Gasteiger partial charge in [-0.1, -0.05) is 0 Å². The van der Waals surface area contributed by atoms with E-state index in [-0.39, 0.29) is 9.90 Å². The van der Waals surface area contributed by atoms with E-state index in [2.05, 4.69) is 0 Å². The summed E-state index contributed by atoms with van der Waals surface area (Å²) in [5.41, 5.74) is 0. The van der Waals surface area contributed by atoms with Crippen molar-refractivity contribution in [2.45, 2.75) is 0 Å². The number of hydrogen-bond donors (Lipinski definition) is 0. The molecule has 0 heterocycles. The molecule has 0 radical (unpaired) electrons. The Morgan fingerprint density at radius 1 is 0.833 bits per heavy atom. The molecule has 0 bridgehead atoms. The van der Waals surface area contributed by atoms with Gasteiger partial charge in [0, 0.05) is 0 Å². The normalized spacial score (nSPS) is 10.0. The third kappa shape index (κ3) is 31.7. The molecular weight excluding hydrogens is 264 g/mol. The molecule has 0 spiro atoms. The Balaban J connectivity index is 0. The first-order valence-corrected chi connectivity index (χ1v) is 13.4. The number of halogens is 4. The fourth-order valence-corrected chi connectivity index (χ4v) is 0. The molecule has 0 aliphatic carbocycles. The molecule has 0 fully saturated rings. The fraction of sp³-hybridized carbons (Fsp3) is 0. The van der Waals surface area contributed by atoms with E-state index >= 15 is 0 Å². The van der Waals surface area contributed by atoms with E-state index < -0.39 is 15.5 Å². The monoisotopic (exact) mass is 264 g/mol. The second-order valence-electron chi connectivity index (χ2n) is 0.429. The maximum absolute atomic E-state index is 5.04. The molecule has 0 rings (SSSR count). The van der Waals surface area contributed by atoms with Gasteiger partial charge in [-0.2, -0.15) is 9.90 Å². The first-order valence-electron chi connectivity index (χ1n) is 0.756. The van der Waals surface area contributed by atoms with Crippen LogP contribution >= 0.6 is 44.0 Å². The quantitative estimate of drug-likeness (QED) is 0.592. The molecule has 0 aliphatic heterocycles. The Morgan fingerprint density at radius 2 is 0.833 bits per heavy atom. The summed E-state index contributed by atoms with van der Waals surface area (Å²) in [7, 11) is 20.1. The van der Waals surface area contributed by atoms with Crippen molar-refractivity contribution in [3.05, 3.63) is 0 Å². The molecule has 0 nitrogen and oxygen atoms in total. The minimum absolute atomic E-state index is 0. The van der Waals surface area contributed by atoms with E-state index in [1.165, 1.54) is 0 Å². The summed E-state index contributed by atoms with van der Waals surface area (Å²) in [5, 5.41) is 0. The molecule has 0 N–H and O–H groups in total. The van der Waals surface area contributed by atoms with Gasteiger partial charge in [-0.25, -0.2) is 0 Å². The Kier molecular flexibility index (Phi) is 8.21. The molecule has 0 saturated carbocycles. The van der Waals surface area contributed by atoms with Crippen molar-refractivity contribution >= 4 is 44.0 Å². The molecule has 0 saturated heterocycles. The zero-order valence-corrected chi connectivity index (χ0v) is 9.61. The average molecular weight is 267 g/mol. The molecular formula is H3Cl4PZr. The van der Waals surface area contributed by atoms with Crippen molar-refractivity contribution in [3.63, 3.8) is 0 Å². The van der Waals surface area contributed by atoms with Crippen LogP contribution in [-0.2, 0) is 15.5 Å². The summed E-state index contributed by atoms with van der Waals surface area (Å²) >= 11 is -3.29. The van der Waals surface area contributed by atoms with Crippen LogP contribution in [0.4, 0.5) is 0 Å². The van der Waals surface area contributed by atoms with Crippen molar-refractivity contribution in [3.8, 4) is 0 Å². The number of hydrogen-bond acceptors (Lipinski definition) is 0. The number of rotatable bonds is 0. The van der Waals surface area contributed by atoms with Gasteiger partial charge in [0.2, 0.25) is 0 Å². The molecule has 6 heteroatoms. The molecule has 0 amide bonds. The van der Waals surface area contributed by atoms with E-state index in [9.17, 15) is 0 Å². The molecule has 1 atom stereocenters. The summed E-state index contributed by atoms with van der Waals surface area (Å²) in [4.78, 5) is 0. The van der Waals surface area contributed by atoms with Gasteiger partial charge in [0.15, 0.2) is 0 Å². The van der Waals surface area contributed by atoms with Crippen LogP contribution in [-0.4, -0.2) is 0 Å². The maximum atomic E-state index is 5.04. The van der Waals surface area contributed by atoms with Gasteiger partial charge < -0.3 is 0 Å². The molecule has 6 heavy (non-hydrogen) atoms. The zero-order chi connectivity index (χ0) is 4.50. The van der Waals surface area contributed by atoms with Gasteiger partial charge in [-0.15, -0.1) is 0 Å². The van der Waals surface area contributed by atoms with Crippen molar-refractivity contribution < 1.29 is 15.5 Å². The van der Waals surface area contributed by atoms with Crippen LogP contribution in [0.25, 0.3) is 0 Å². The molecule has 0 aromatic heterocycles. The van der Waals surface area contributed by atoms with Gasteiger partial charge >= 0.3 is 49.5 Å². The molecule has 0 aromatic carbocycles. The fourth-order valence-electron chi connectivity index (χ4n) is 0. The van der Waals surface area contributed by atoms with E-state index in [1.807, 2.05) is 0 Å². The van der Waals surface area contributed by atoms with Crippen molar-refractivity contribution in [2.24, 2.45) is 0 Å². The van der Waals surface area contributed by atoms with E-state index in [4.69, 9.17) is 34.1 Å². The Bertz CT molecular complexity index is 23.0. The van der Waals surface area contributed by atoms with Gasteiger partial charge in [0.05, 0.1) is 0 Å². The van der Waals surface area contributed by atoms with Gasteiger partial charge in [-0.3, -0.25) is 0 Å². The second kappa shape index (κ2) is 4.36. The predicted octanol–water partition coefficient (Wildman–Crippen LogP) is 2.81. The minimum atomic E-state index is -3.29. The topological polar surface area (TPSA) is 0 Å². The Morgan fingerprint density at radius 3 is 0.833 bits per heavy atom. The Labute approximate surface area is 58.7 Å². The standard InChI is InChI=1S/4ClH.H3P.Zr/h4*1H;1H3;/q;;;;;+4/p-4. The molecule has 40 valence electrons. The Hall–Kier alpha value is 2.47. The first-order chi connectivity index (χ1) is 2.00. The van der Waals surface area contributed by atoms with Crippen molar-refractivity contribution in [1.29, 1.82) is 0 Å². The van der Waals surface area contributed by atoms with E-state index in [1.54, 1.807) is 0 Å². The van der Waals surface area contributed by atoms with Crippen LogP contribution < -0.4 is 0 Å². The van der Waals surface area contributed by atoms with Crippen LogP contribution in [0.2, 0.25) is 0 Å². The predicted molar refractivity (Wildman–Crippen MR) is 34.5 cm³/mol. The SMILES string of the molecule is P.[Cl][Zr]([Cl])([Cl])[Cl]. The summed E-state index contributed by atoms with van der Waals surface area (Å²) in [6, 6.07) is 0. The van der Waals surface area contributed by atoms with Crippen molar-refractivity contribution in [1.82, 2.24) is 0 Å². The third-order valence-electron chi connectivity index (χ3n) is 0. The van der Waals surface area contributed by atoms with Crippen molar-refractivity contribution in [2.75, 3.05) is 0 Å². The van der Waals surface area contributed by atoms with Crippen LogP contribution in [0.5, 0.6) is 0 Å².